The minimum atomic E-state index is -0.429. The van der Waals surface area contributed by atoms with Crippen LogP contribution in [0.4, 0.5) is 0 Å². The molecule has 0 saturated carbocycles. The molecule has 0 aromatic rings. The van der Waals surface area contributed by atoms with Gasteiger partial charge in [-0.1, -0.05) is 40.5 Å². The number of ether oxygens (including phenoxy) is 1. The Morgan fingerprint density at radius 2 is 1.47 bits per heavy atom. The summed E-state index contributed by atoms with van der Waals surface area (Å²) in [5, 5.41) is 0. The second kappa shape index (κ2) is 9.68. The molecule has 0 saturated heterocycles. The van der Waals surface area contributed by atoms with E-state index in [9.17, 15) is 9.59 Å². The van der Waals surface area contributed by atoms with Crippen LogP contribution in [0, 0.1) is 17.8 Å². The number of esters is 1. The van der Waals surface area contributed by atoms with E-state index in [0.29, 0.717) is 11.8 Å². The fourth-order valence-corrected chi connectivity index (χ4v) is 2.04. The molecular formula is C13H24AlO3. The molecule has 2 atom stereocenters. The van der Waals surface area contributed by atoms with Crippen LogP contribution in [0.15, 0.2) is 0 Å². The molecule has 17 heavy (non-hydrogen) atoms. The Kier molecular flexibility index (Phi) is 10.8. The van der Waals surface area contributed by atoms with Crippen molar-refractivity contribution in [3.05, 3.63) is 0 Å². The highest BCUT2D eigenvalue weighted by atomic mass is 27.0. The van der Waals surface area contributed by atoms with Crippen molar-refractivity contribution >= 4 is 29.1 Å². The molecule has 97 valence electrons. The maximum Gasteiger partial charge on any atom is 0.313 e. The van der Waals surface area contributed by atoms with Gasteiger partial charge in [-0.25, -0.2) is 0 Å². The van der Waals surface area contributed by atoms with E-state index in [1.165, 1.54) is 7.11 Å². The maximum absolute atomic E-state index is 12.0. The van der Waals surface area contributed by atoms with E-state index >= 15 is 0 Å². The van der Waals surface area contributed by atoms with Crippen molar-refractivity contribution in [2.45, 2.75) is 47.0 Å². The van der Waals surface area contributed by atoms with Gasteiger partial charge in [-0.05, 0) is 11.8 Å². The largest absolute Gasteiger partial charge is 0.469 e. The van der Waals surface area contributed by atoms with Crippen molar-refractivity contribution in [3.8, 4) is 0 Å². The molecular weight excluding hydrogens is 231 g/mol. The van der Waals surface area contributed by atoms with Crippen LogP contribution in [0.2, 0.25) is 0 Å². The van der Waals surface area contributed by atoms with Gasteiger partial charge in [-0.2, -0.15) is 0 Å². The summed E-state index contributed by atoms with van der Waals surface area (Å²) in [6.45, 7) is 8.30. The van der Waals surface area contributed by atoms with Crippen molar-refractivity contribution < 1.29 is 14.3 Å². The summed E-state index contributed by atoms with van der Waals surface area (Å²) in [6.07, 6.45) is 1.83. The number of carbonyl (C=O) groups excluding carboxylic acids is 2. The van der Waals surface area contributed by atoms with Crippen LogP contribution in [0.3, 0.4) is 0 Å². The number of hydrogen-bond acceptors (Lipinski definition) is 3. The second-order valence-corrected chi connectivity index (χ2v) is 4.52. The summed E-state index contributed by atoms with van der Waals surface area (Å²) in [5.74, 6) is 0.227. The molecule has 0 aliphatic carbocycles. The van der Waals surface area contributed by atoms with Gasteiger partial charge in [0.05, 0.1) is 7.11 Å². The lowest BCUT2D eigenvalue weighted by molar-refractivity contribution is -0.145. The number of ketones is 1. The molecule has 0 aromatic heterocycles. The fraction of sp³-hybridized carbons (Fsp3) is 0.846. The Morgan fingerprint density at radius 3 is 1.76 bits per heavy atom. The van der Waals surface area contributed by atoms with Crippen LogP contribution in [-0.2, 0) is 14.3 Å². The second-order valence-electron chi connectivity index (χ2n) is 4.52. The standard InChI is InChI=1S/C13H24O3.Al/c1-6-9(3)13(10(4)7-2)11(14)8-12(15)16-5;/h9-10,13H,6-8H2,1-5H3;. The molecule has 0 bridgehead atoms. The minimum absolute atomic E-state index is 0. The van der Waals surface area contributed by atoms with Gasteiger partial charge in [-0.15, -0.1) is 0 Å². The zero-order valence-electron chi connectivity index (χ0n) is 11.7. The highest BCUT2D eigenvalue weighted by molar-refractivity contribution is 5.97. The summed E-state index contributed by atoms with van der Waals surface area (Å²) < 4.78 is 4.54. The molecule has 4 heteroatoms. The van der Waals surface area contributed by atoms with E-state index < -0.39 is 5.97 Å². The van der Waals surface area contributed by atoms with E-state index in [2.05, 4.69) is 32.4 Å². The average molecular weight is 255 g/mol. The van der Waals surface area contributed by atoms with Gasteiger partial charge in [0.1, 0.15) is 12.2 Å². The lowest BCUT2D eigenvalue weighted by atomic mass is 9.77. The SMILES string of the molecule is CCC(C)C(C(=O)CC(=O)OC)C(C)CC.[Al]. The Balaban J connectivity index is 0. The quantitative estimate of drug-likeness (QED) is 0.399. The molecule has 2 unspecified atom stereocenters. The van der Waals surface area contributed by atoms with Crippen LogP contribution < -0.4 is 0 Å². The molecule has 0 aliphatic rings. The maximum atomic E-state index is 12.0. The van der Waals surface area contributed by atoms with E-state index in [-0.39, 0.29) is 35.5 Å². The van der Waals surface area contributed by atoms with Gasteiger partial charge < -0.3 is 4.74 Å². The number of methoxy groups -OCH3 is 1. The highest BCUT2D eigenvalue weighted by Gasteiger charge is 2.29. The van der Waals surface area contributed by atoms with Gasteiger partial charge in [0.25, 0.3) is 0 Å². The number of rotatable bonds is 7. The zero-order valence-corrected chi connectivity index (χ0v) is 12.8. The van der Waals surface area contributed by atoms with Crippen LogP contribution in [0.5, 0.6) is 0 Å². The third-order valence-electron chi connectivity index (χ3n) is 3.43. The minimum Gasteiger partial charge on any atom is -0.469 e. The normalized spacial score (nSPS) is 15.4. The van der Waals surface area contributed by atoms with Gasteiger partial charge in [-0.3, -0.25) is 9.59 Å². The number of hydrogen-bond donors (Lipinski definition) is 0. The molecule has 0 N–H and O–H groups in total. The van der Waals surface area contributed by atoms with E-state index in [1.807, 2.05) is 0 Å². The van der Waals surface area contributed by atoms with Crippen molar-refractivity contribution in [3.63, 3.8) is 0 Å². The summed E-state index contributed by atoms with van der Waals surface area (Å²) in [6, 6.07) is 0. The Hall–Kier alpha value is -0.328. The van der Waals surface area contributed by atoms with Crippen LogP contribution in [0.25, 0.3) is 0 Å². The Labute approximate surface area is 115 Å². The summed E-state index contributed by atoms with van der Waals surface area (Å²) in [5.41, 5.74) is 0. The zero-order chi connectivity index (χ0) is 12.7. The molecule has 0 heterocycles. The van der Waals surface area contributed by atoms with Gasteiger partial charge in [0.15, 0.2) is 0 Å². The lowest BCUT2D eigenvalue weighted by Crippen LogP contribution is -2.29. The predicted octanol–water partition coefficient (Wildman–Crippen LogP) is 2.45. The van der Waals surface area contributed by atoms with Gasteiger partial charge in [0.2, 0.25) is 0 Å². The number of carbonyl (C=O) groups is 2. The molecule has 0 spiro atoms. The topological polar surface area (TPSA) is 43.4 Å². The molecule has 0 fully saturated rings. The van der Waals surface area contributed by atoms with E-state index in [4.69, 9.17) is 0 Å². The Morgan fingerprint density at radius 1 is 1.06 bits per heavy atom. The van der Waals surface area contributed by atoms with Crippen molar-refractivity contribution in [2.24, 2.45) is 17.8 Å². The smallest absolute Gasteiger partial charge is 0.313 e. The summed E-state index contributed by atoms with van der Waals surface area (Å²) in [4.78, 5) is 23.1. The van der Waals surface area contributed by atoms with Gasteiger partial charge in [0, 0.05) is 23.3 Å². The third-order valence-corrected chi connectivity index (χ3v) is 3.43. The first-order valence-electron chi connectivity index (χ1n) is 6.07. The van der Waals surface area contributed by atoms with E-state index in [0.717, 1.165) is 12.8 Å². The molecule has 0 rings (SSSR count). The van der Waals surface area contributed by atoms with Crippen LogP contribution >= 0.6 is 0 Å². The fourth-order valence-electron chi connectivity index (χ4n) is 2.04. The first-order chi connectivity index (χ1) is 7.47. The molecule has 0 aromatic carbocycles. The Bertz CT molecular complexity index is 231. The molecule has 0 amide bonds. The molecule has 3 nitrogen and oxygen atoms in total. The highest BCUT2D eigenvalue weighted by Crippen LogP contribution is 2.27. The molecule has 3 radical (unpaired) electrons. The number of Topliss-reactive ketones (excluding diaryl/α,β-unsaturated/α-hetero) is 1. The van der Waals surface area contributed by atoms with Crippen molar-refractivity contribution in [2.75, 3.05) is 7.11 Å². The summed E-state index contributed by atoms with van der Waals surface area (Å²) >= 11 is 0. The molecule has 0 aliphatic heterocycles. The summed E-state index contributed by atoms with van der Waals surface area (Å²) in [7, 11) is 1.32. The average Bonchev–Trinajstić information content (AvgIpc) is 2.28. The van der Waals surface area contributed by atoms with Gasteiger partial charge >= 0.3 is 5.97 Å². The monoisotopic (exact) mass is 255 g/mol. The third kappa shape index (κ3) is 6.24. The van der Waals surface area contributed by atoms with Crippen LogP contribution in [0.1, 0.15) is 47.0 Å². The predicted molar refractivity (Wildman–Crippen MR) is 69.8 cm³/mol. The van der Waals surface area contributed by atoms with Crippen molar-refractivity contribution in [1.29, 1.82) is 0 Å². The van der Waals surface area contributed by atoms with Crippen LogP contribution in [-0.4, -0.2) is 36.2 Å². The first-order valence-corrected chi connectivity index (χ1v) is 6.07. The first kappa shape index (κ1) is 19.0. The van der Waals surface area contributed by atoms with E-state index in [1.54, 1.807) is 0 Å². The lowest BCUT2D eigenvalue weighted by Gasteiger charge is -2.26. The van der Waals surface area contributed by atoms with Crippen molar-refractivity contribution in [1.82, 2.24) is 0 Å².